The number of carbonyl (C=O) groups excluding carboxylic acids is 1. The van der Waals surface area contributed by atoms with E-state index in [2.05, 4.69) is 0 Å². The molecule has 98 valence electrons. The summed E-state index contributed by atoms with van der Waals surface area (Å²) in [6.45, 7) is 3.97. The van der Waals surface area contributed by atoms with Crippen molar-refractivity contribution >= 4 is 5.78 Å². The Morgan fingerprint density at radius 1 is 1.42 bits per heavy atom. The third-order valence-corrected chi connectivity index (χ3v) is 3.49. The van der Waals surface area contributed by atoms with E-state index in [-0.39, 0.29) is 29.1 Å². The number of carbonyl (C=O) groups is 1. The van der Waals surface area contributed by atoms with Crippen molar-refractivity contribution in [3.05, 3.63) is 22.8 Å². The molecule has 0 saturated heterocycles. The van der Waals surface area contributed by atoms with Crippen LogP contribution in [0.1, 0.15) is 33.1 Å². The molecule has 1 unspecified atom stereocenters. The van der Waals surface area contributed by atoms with Crippen molar-refractivity contribution < 1.29 is 9.53 Å². The molecule has 0 radical (unpaired) electrons. The molecule has 19 heavy (non-hydrogen) atoms. The number of Topliss-reactive ketones (excluding diaryl/α,β-unsaturated/α-hetero) is 1. The van der Waals surface area contributed by atoms with E-state index in [0.29, 0.717) is 24.2 Å². The Hall–Kier alpha value is -2.27. The summed E-state index contributed by atoms with van der Waals surface area (Å²) in [4.78, 5) is 12.3. The third kappa shape index (κ3) is 2.20. The van der Waals surface area contributed by atoms with Crippen LogP contribution in [-0.4, -0.2) is 5.78 Å². The van der Waals surface area contributed by atoms with E-state index in [4.69, 9.17) is 21.0 Å². The number of hydrogen-bond donors (Lipinski definition) is 1. The SMILES string of the molecule is CC1(C)CC(=O)C2=C(C1)OC(N)=C(C#N)C2CC#N. The fourth-order valence-corrected chi connectivity index (χ4v) is 2.69. The summed E-state index contributed by atoms with van der Waals surface area (Å²) < 4.78 is 5.46. The summed E-state index contributed by atoms with van der Waals surface area (Å²) >= 11 is 0. The number of rotatable bonds is 1. The summed E-state index contributed by atoms with van der Waals surface area (Å²) in [5, 5.41) is 18.0. The Labute approximate surface area is 111 Å². The number of ether oxygens (including phenoxy) is 1. The van der Waals surface area contributed by atoms with Gasteiger partial charge in [-0.25, -0.2) is 0 Å². The average Bonchev–Trinajstić information content (AvgIpc) is 2.26. The van der Waals surface area contributed by atoms with Gasteiger partial charge in [0.25, 0.3) is 0 Å². The lowest BCUT2D eigenvalue weighted by Crippen LogP contribution is -2.34. The quantitative estimate of drug-likeness (QED) is 0.773. The minimum atomic E-state index is -0.539. The lowest BCUT2D eigenvalue weighted by atomic mass is 9.71. The van der Waals surface area contributed by atoms with Gasteiger partial charge in [0, 0.05) is 30.8 Å². The zero-order valence-corrected chi connectivity index (χ0v) is 11.0. The van der Waals surface area contributed by atoms with Crippen LogP contribution in [0.5, 0.6) is 0 Å². The Kier molecular flexibility index (Phi) is 3.08. The lowest BCUT2D eigenvalue weighted by Gasteiger charge is -2.36. The molecule has 0 saturated carbocycles. The minimum Gasteiger partial charge on any atom is -0.444 e. The Morgan fingerprint density at radius 3 is 2.68 bits per heavy atom. The van der Waals surface area contributed by atoms with Gasteiger partial charge in [0.05, 0.1) is 11.6 Å². The molecule has 1 aliphatic carbocycles. The molecule has 0 spiro atoms. The Morgan fingerprint density at radius 2 is 2.11 bits per heavy atom. The van der Waals surface area contributed by atoms with Crippen LogP contribution in [0.15, 0.2) is 22.8 Å². The van der Waals surface area contributed by atoms with E-state index in [0.717, 1.165) is 0 Å². The average molecular weight is 257 g/mol. The van der Waals surface area contributed by atoms with Gasteiger partial charge in [-0.05, 0) is 5.41 Å². The predicted molar refractivity (Wildman–Crippen MR) is 66.7 cm³/mol. The van der Waals surface area contributed by atoms with Gasteiger partial charge in [-0.2, -0.15) is 10.5 Å². The van der Waals surface area contributed by atoms with Gasteiger partial charge in [-0.3, -0.25) is 4.79 Å². The molecule has 0 bridgehead atoms. The van der Waals surface area contributed by atoms with E-state index in [1.165, 1.54) is 0 Å². The summed E-state index contributed by atoms with van der Waals surface area (Å²) in [5.74, 6) is -0.0425. The van der Waals surface area contributed by atoms with Crippen molar-refractivity contribution in [2.24, 2.45) is 17.1 Å². The number of ketones is 1. The van der Waals surface area contributed by atoms with Crippen molar-refractivity contribution in [3.63, 3.8) is 0 Å². The second kappa shape index (κ2) is 4.44. The van der Waals surface area contributed by atoms with E-state index < -0.39 is 5.92 Å². The van der Waals surface area contributed by atoms with Crippen LogP contribution in [0.25, 0.3) is 0 Å². The first kappa shape index (κ1) is 13.2. The number of nitrogens with two attached hydrogens (primary N) is 1. The molecule has 0 fully saturated rings. The van der Waals surface area contributed by atoms with Crippen molar-refractivity contribution in [1.82, 2.24) is 0 Å². The zero-order chi connectivity index (χ0) is 14.2. The standard InChI is InChI=1S/C14H15N3O2/c1-14(2)5-10(18)12-8(3-4-15)9(7-16)13(17)19-11(12)6-14/h8H,3,5-6,17H2,1-2H3. The van der Waals surface area contributed by atoms with Crippen LogP contribution in [0.3, 0.4) is 0 Å². The highest BCUT2D eigenvalue weighted by molar-refractivity contribution is 5.98. The lowest BCUT2D eigenvalue weighted by molar-refractivity contribution is -0.119. The summed E-state index contributed by atoms with van der Waals surface area (Å²) in [7, 11) is 0. The third-order valence-electron chi connectivity index (χ3n) is 3.49. The second-order valence-electron chi connectivity index (χ2n) is 5.68. The molecular formula is C14H15N3O2. The van der Waals surface area contributed by atoms with E-state index in [9.17, 15) is 4.79 Å². The van der Waals surface area contributed by atoms with Gasteiger partial charge in [0.1, 0.15) is 11.8 Å². The number of nitriles is 2. The topological polar surface area (TPSA) is 99.9 Å². The molecule has 0 amide bonds. The first-order chi connectivity index (χ1) is 8.89. The highest BCUT2D eigenvalue weighted by atomic mass is 16.5. The fraction of sp³-hybridized carbons (Fsp3) is 0.500. The number of hydrogen-bond acceptors (Lipinski definition) is 5. The largest absolute Gasteiger partial charge is 0.444 e. The highest BCUT2D eigenvalue weighted by Crippen LogP contribution is 2.45. The maximum absolute atomic E-state index is 12.3. The van der Waals surface area contributed by atoms with Crippen molar-refractivity contribution in [3.8, 4) is 12.1 Å². The first-order valence-electron chi connectivity index (χ1n) is 6.10. The van der Waals surface area contributed by atoms with E-state index >= 15 is 0 Å². The van der Waals surface area contributed by atoms with Gasteiger partial charge in [0.2, 0.25) is 5.88 Å². The molecule has 1 aliphatic heterocycles. The molecule has 2 N–H and O–H groups in total. The summed E-state index contributed by atoms with van der Waals surface area (Å²) in [6.07, 6.45) is 1.06. The maximum atomic E-state index is 12.3. The molecule has 5 nitrogen and oxygen atoms in total. The molecule has 1 heterocycles. The molecule has 2 aliphatic rings. The van der Waals surface area contributed by atoms with Gasteiger partial charge < -0.3 is 10.5 Å². The van der Waals surface area contributed by atoms with Crippen LogP contribution in [-0.2, 0) is 9.53 Å². The van der Waals surface area contributed by atoms with Gasteiger partial charge in [-0.1, -0.05) is 13.8 Å². The zero-order valence-electron chi connectivity index (χ0n) is 11.0. The molecule has 5 heteroatoms. The van der Waals surface area contributed by atoms with E-state index in [1.807, 2.05) is 26.0 Å². The van der Waals surface area contributed by atoms with Gasteiger partial charge in [0.15, 0.2) is 5.78 Å². The summed E-state index contributed by atoms with van der Waals surface area (Å²) in [5.41, 5.74) is 6.20. The maximum Gasteiger partial charge on any atom is 0.204 e. The van der Waals surface area contributed by atoms with Crippen molar-refractivity contribution in [2.45, 2.75) is 33.1 Å². The molecular weight excluding hydrogens is 242 g/mol. The Balaban J connectivity index is 2.51. The molecule has 0 aromatic rings. The molecule has 0 aromatic carbocycles. The van der Waals surface area contributed by atoms with Gasteiger partial charge >= 0.3 is 0 Å². The molecule has 0 aromatic heterocycles. The normalized spacial score (nSPS) is 25.3. The van der Waals surface area contributed by atoms with Crippen LogP contribution in [0, 0.1) is 34.0 Å². The predicted octanol–water partition coefficient (Wildman–Crippen LogP) is 1.88. The molecule has 2 rings (SSSR count). The highest BCUT2D eigenvalue weighted by Gasteiger charge is 2.42. The second-order valence-corrected chi connectivity index (χ2v) is 5.68. The number of nitrogens with zero attached hydrogens (tertiary/aromatic N) is 2. The van der Waals surface area contributed by atoms with Crippen LogP contribution >= 0.6 is 0 Å². The monoisotopic (exact) mass is 257 g/mol. The smallest absolute Gasteiger partial charge is 0.204 e. The van der Waals surface area contributed by atoms with Crippen LogP contribution in [0.4, 0.5) is 0 Å². The van der Waals surface area contributed by atoms with Crippen molar-refractivity contribution in [2.75, 3.05) is 0 Å². The molecule has 1 atom stereocenters. The van der Waals surface area contributed by atoms with Crippen molar-refractivity contribution in [1.29, 1.82) is 10.5 Å². The van der Waals surface area contributed by atoms with Crippen LogP contribution in [0.2, 0.25) is 0 Å². The Bertz CT molecular complexity index is 585. The van der Waals surface area contributed by atoms with Crippen LogP contribution < -0.4 is 5.73 Å². The van der Waals surface area contributed by atoms with E-state index in [1.54, 1.807) is 0 Å². The fourth-order valence-electron chi connectivity index (χ4n) is 2.69. The summed E-state index contributed by atoms with van der Waals surface area (Å²) in [6, 6.07) is 3.97. The minimum absolute atomic E-state index is 0.0204. The number of allylic oxidation sites excluding steroid dienone is 3. The van der Waals surface area contributed by atoms with Gasteiger partial charge in [-0.15, -0.1) is 0 Å². The first-order valence-corrected chi connectivity index (χ1v) is 6.10.